The van der Waals surface area contributed by atoms with Crippen molar-refractivity contribution in [1.29, 1.82) is 0 Å². The molecule has 1 amide bonds. The molecular formula is C9H16N2O. The molecule has 0 aromatic carbocycles. The van der Waals surface area contributed by atoms with Crippen LogP contribution in [0.5, 0.6) is 0 Å². The summed E-state index contributed by atoms with van der Waals surface area (Å²) in [6.07, 6.45) is 2.44. The zero-order valence-electron chi connectivity index (χ0n) is 7.76. The van der Waals surface area contributed by atoms with Crippen LogP contribution < -0.4 is 5.32 Å². The zero-order valence-corrected chi connectivity index (χ0v) is 7.76. The predicted octanol–water partition coefficient (Wildman–Crippen LogP) is 0.359. The molecule has 0 saturated carbocycles. The molecule has 3 heteroatoms. The highest BCUT2D eigenvalue weighted by atomic mass is 16.2. The number of hydrogen-bond donors (Lipinski definition) is 1. The monoisotopic (exact) mass is 168 g/mol. The van der Waals surface area contributed by atoms with E-state index in [0.29, 0.717) is 12.6 Å². The van der Waals surface area contributed by atoms with E-state index in [1.54, 1.807) is 0 Å². The molecule has 12 heavy (non-hydrogen) atoms. The van der Waals surface area contributed by atoms with E-state index in [1.165, 1.54) is 12.8 Å². The minimum Gasteiger partial charge on any atom is -0.353 e. The Kier molecular flexibility index (Phi) is 1.65. The maximum absolute atomic E-state index is 11.1. The summed E-state index contributed by atoms with van der Waals surface area (Å²) in [5.74, 6) is 0.182. The average Bonchev–Trinajstić information content (AvgIpc) is 2.28. The molecule has 68 valence electrons. The molecule has 0 bridgehead atoms. The molecule has 0 aromatic rings. The molecule has 1 N–H and O–H groups in total. The predicted molar refractivity (Wildman–Crippen MR) is 46.8 cm³/mol. The Morgan fingerprint density at radius 2 is 2.33 bits per heavy atom. The number of rotatable bonds is 0. The fourth-order valence-corrected chi connectivity index (χ4v) is 2.31. The van der Waals surface area contributed by atoms with E-state index in [4.69, 9.17) is 0 Å². The van der Waals surface area contributed by atoms with Crippen LogP contribution in [0.1, 0.15) is 26.7 Å². The number of carbonyl (C=O) groups excluding carboxylic acids is 1. The van der Waals surface area contributed by atoms with Crippen LogP contribution in [-0.2, 0) is 4.79 Å². The van der Waals surface area contributed by atoms with Gasteiger partial charge in [0.05, 0.1) is 6.54 Å². The van der Waals surface area contributed by atoms with Gasteiger partial charge in [-0.3, -0.25) is 9.69 Å². The summed E-state index contributed by atoms with van der Waals surface area (Å²) in [4.78, 5) is 13.5. The van der Waals surface area contributed by atoms with Gasteiger partial charge in [-0.2, -0.15) is 0 Å². The summed E-state index contributed by atoms with van der Waals surface area (Å²) >= 11 is 0. The summed E-state index contributed by atoms with van der Waals surface area (Å²) in [5, 5.41) is 2.91. The molecule has 0 spiro atoms. The van der Waals surface area contributed by atoms with Gasteiger partial charge in [0.15, 0.2) is 0 Å². The third-order valence-electron chi connectivity index (χ3n) is 3.16. The number of piperazine rings is 1. The van der Waals surface area contributed by atoms with Gasteiger partial charge in [-0.1, -0.05) is 0 Å². The molecule has 0 aliphatic carbocycles. The van der Waals surface area contributed by atoms with E-state index in [1.807, 2.05) is 0 Å². The average molecular weight is 168 g/mol. The van der Waals surface area contributed by atoms with E-state index in [0.717, 1.165) is 6.54 Å². The second-order valence-electron chi connectivity index (χ2n) is 4.44. The van der Waals surface area contributed by atoms with Crippen molar-refractivity contribution >= 4 is 5.91 Å². The standard InChI is InChI=1S/C9H16N2O/c1-9(2)4-3-7-5-10-8(12)6-11(7)9/h7H,3-6H2,1-2H3,(H,10,12)/t7-/m1/s1. The van der Waals surface area contributed by atoms with Gasteiger partial charge in [0, 0.05) is 18.1 Å². The van der Waals surface area contributed by atoms with Crippen molar-refractivity contribution in [3.8, 4) is 0 Å². The third kappa shape index (κ3) is 1.12. The van der Waals surface area contributed by atoms with Crippen molar-refractivity contribution in [2.75, 3.05) is 13.1 Å². The van der Waals surface area contributed by atoms with Crippen molar-refractivity contribution in [3.63, 3.8) is 0 Å². The summed E-state index contributed by atoms with van der Waals surface area (Å²) in [6.45, 7) is 5.90. The number of amides is 1. The van der Waals surface area contributed by atoms with E-state index in [-0.39, 0.29) is 11.4 Å². The molecule has 0 aromatic heterocycles. The van der Waals surface area contributed by atoms with Crippen molar-refractivity contribution in [3.05, 3.63) is 0 Å². The zero-order chi connectivity index (χ0) is 8.77. The van der Waals surface area contributed by atoms with Gasteiger partial charge in [-0.15, -0.1) is 0 Å². The first-order valence-electron chi connectivity index (χ1n) is 4.63. The first-order chi connectivity index (χ1) is 5.59. The Balaban J connectivity index is 2.15. The number of nitrogens with zero attached hydrogens (tertiary/aromatic N) is 1. The molecule has 2 fully saturated rings. The van der Waals surface area contributed by atoms with Crippen LogP contribution in [0.3, 0.4) is 0 Å². The Bertz CT molecular complexity index is 213. The van der Waals surface area contributed by atoms with Gasteiger partial charge in [0.25, 0.3) is 0 Å². The second-order valence-corrected chi connectivity index (χ2v) is 4.44. The fourth-order valence-electron chi connectivity index (χ4n) is 2.31. The summed E-state index contributed by atoms with van der Waals surface area (Å²) < 4.78 is 0. The van der Waals surface area contributed by atoms with Crippen molar-refractivity contribution < 1.29 is 4.79 Å². The second kappa shape index (κ2) is 2.46. The van der Waals surface area contributed by atoms with Crippen LogP contribution in [0.25, 0.3) is 0 Å². The summed E-state index contributed by atoms with van der Waals surface area (Å²) in [6, 6.07) is 0.595. The van der Waals surface area contributed by atoms with Crippen LogP contribution in [0.15, 0.2) is 0 Å². The van der Waals surface area contributed by atoms with Crippen LogP contribution >= 0.6 is 0 Å². The number of hydrogen-bond acceptors (Lipinski definition) is 2. The number of nitrogens with one attached hydrogen (secondary N) is 1. The highest BCUT2D eigenvalue weighted by molar-refractivity contribution is 5.79. The normalized spacial score (nSPS) is 34.5. The molecule has 2 aliphatic heterocycles. The van der Waals surface area contributed by atoms with Gasteiger partial charge in [0.2, 0.25) is 5.91 Å². The van der Waals surface area contributed by atoms with Crippen molar-refractivity contribution in [2.45, 2.75) is 38.3 Å². The first kappa shape index (κ1) is 8.05. The molecule has 2 aliphatic rings. The minimum absolute atomic E-state index is 0.182. The molecule has 1 atom stereocenters. The third-order valence-corrected chi connectivity index (χ3v) is 3.16. The van der Waals surface area contributed by atoms with Gasteiger partial charge in [0.1, 0.15) is 0 Å². The van der Waals surface area contributed by atoms with Crippen LogP contribution in [-0.4, -0.2) is 35.5 Å². The van der Waals surface area contributed by atoms with Gasteiger partial charge >= 0.3 is 0 Å². The first-order valence-corrected chi connectivity index (χ1v) is 4.63. The highest BCUT2D eigenvalue weighted by Crippen LogP contribution is 2.33. The maximum atomic E-state index is 11.1. The molecule has 3 nitrogen and oxygen atoms in total. The molecular weight excluding hydrogens is 152 g/mol. The quantitative estimate of drug-likeness (QED) is 0.566. The van der Waals surface area contributed by atoms with Crippen LogP contribution in [0.4, 0.5) is 0 Å². The SMILES string of the molecule is CC1(C)CC[C@@H]2CNC(=O)CN21. The molecule has 2 saturated heterocycles. The Morgan fingerprint density at radius 3 is 3.08 bits per heavy atom. The fraction of sp³-hybridized carbons (Fsp3) is 0.889. The smallest absolute Gasteiger partial charge is 0.234 e. The van der Waals surface area contributed by atoms with E-state index in [9.17, 15) is 4.79 Å². The Hall–Kier alpha value is -0.570. The largest absolute Gasteiger partial charge is 0.353 e. The highest BCUT2D eigenvalue weighted by Gasteiger charge is 2.42. The van der Waals surface area contributed by atoms with Gasteiger partial charge < -0.3 is 5.32 Å². The topological polar surface area (TPSA) is 32.3 Å². The van der Waals surface area contributed by atoms with Crippen molar-refractivity contribution in [1.82, 2.24) is 10.2 Å². The van der Waals surface area contributed by atoms with Gasteiger partial charge in [-0.05, 0) is 26.7 Å². The molecule has 2 heterocycles. The van der Waals surface area contributed by atoms with Crippen LogP contribution in [0, 0.1) is 0 Å². The van der Waals surface area contributed by atoms with Gasteiger partial charge in [-0.25, -0.2) is 0 Å². The maximum Gasteiger partial charge on any atom is 0.234 e. The van der Waals surface area contributed by atoms with E-state index < -0.39 is 0 Å². The lowest BCUT2D eigenvalue weighted by Gasteiger charge is -2.38. The minimum atomic E-state index is 0.182. The molecule has 0 radical (unpaired) electrons. The molecule has 0 unspecified atom stereocenters. The Labute approximate surface area is 73.1 Å². The lowest BCUT2D eigenvalue weighted by atomic mass is 10.0. The van der Waals surface area contributed by atoms with Crippen molar-refractivity contribution in [2.24, 2.45) is 0 Å². The van der Waals surface area contributed by atoms with E-state index >= 15 is 0 Å². The Morgan fingerprint density at radius 1 is 1.58 bits per heavy atom. The number of fused-ring (bicyclic) bond motifs is 1. The molecule has 2 rings (SSSR count). The summed E-state index contributed by atoms with van der Waals surface area (Å²) in [7, 11) is 0. The lowest BCUT2D eigenvalue weighted by Crippen LogP contribution is -2.56. The van der Waals surface area contributed by atoms with E-state index in [2.05, 4.69) is 24.1 Å². The summed E-state index contributed by atoms with van der Waals surface area (Å²) in [5.41, 5.74) is 0.239. The number of carbonyl (C=O) groups is 1. The lowest BCUT2D eigenvalue weighted by molar-refractivity contribution is -0.126. The van der Waals surface area contributed by atoms with Crippen LogP contribution in [0.2, 0.25) is 0 Å².